The highest BCUT2D eigenvalue weighted by Crippen LogP contribution is 2.30. The van der Waals surface area contributed by atoms with Crippen LogP contribution in [0.1, 0.15) is 11.3 Å². The van der Waals surface area contributed by atoms with E-state index in [2.05, 4.69) is 22.0 Å². The molecule has 0 saturated carbocycles. The van der Waals surface area contributed by atoms with Crippen molar-refractivity contribution < 1.29 is 14.2 Å². The first-order valence-corrected chi connectivity index (χ1v) is 8.94. The number of aromatic nitrogens is 1. The number of benzene rings is 2. The third-order valence-corrected chi connectivity index (χ3v) is 5.00. The summed E-state index contributed by atoms with van der Waals surface area (Å²) in [5.41, 5.74) is 3.90. The van der Waals surface area contributed by atoms with E-state index in [-0.39, 0.29) is 12.4 Å². The van der Waals surface area contributed by atoms with Crippen LogP contribution in [0, 0.1) is 0 Å². The molecule has 1 aliphatic heterocycles. The smallest absolute Gasteiger partial charge is 0.161 e. The van der Waals surface area contributed by atoms with Gasteiger partial charge in [0.1, 0.15) is 12.4 Å². The molecule has 1 aromatic heterocycles. The van der Waals surface area contributed by atoms with E-state index in [1.807, 2.05) is 30.3 Å². The molecule has 1 aliphatic rings. The minimum Gasteiger partial charge on any atom is -0.497 e. The SMILES string of the molecule is COc1ccc2[nH]c3c(c2c1)CN(CCOc1ccccc1OC)CC3.Cl. The molecule has 0 bridgehead atoms. The lowest BCUT2D eigenvalue weighted by atomic mass is 10.0. The summed E-state index contributed by atoms with van der Waals surface area (Å²) in [5, 5.41) is 1.26. The number of nitrogens with zero attached hydrogens (tertiary/aromatic N) is 1. The zero-order chi connectivity index (χ0) is 17.9. The summed E-state index contributed by atoms with van der Waals surface area (Å²) >= 11 is 0. The normalized spacial score (nSPS) is 13.7. The van der Waals surface area contributed by atoms with Crippen LogP contribution in [0.5, 0.6) is 17.2 Å². The van der Waals surface area contributed by atoms with Gasteiger partial charge in [-0.25, -0.2) is 0 Å². The minimum absolute atomic E-state index is 0. The van der Waals surface area contributed by atoms with E-state index >= 15 is 0 Å². The van der Waals surface area contributed by atoms with Gasteiger partial charge in [0.2, 0.25) is 0 Å². The van der Waals surface area contributed by atoms with Crippen LogP contribution in [0.2, 0.25) is 0 Å². The highest BCUT2D eigenvalue weighted by Gasteiger charge is 2.21. The molecular weight excluding hydrogens is 364 g/mol. The van der Waals surface area contributed by atoms with E-state index < -0.39 is 0 Å². The van der Waals surface area contributed by atoms with Gasteiger partial charge < -0.3 is 19.2 Å². The molecule has 0 atom stereocenters. The first-order chi connectivity index (χ1) is 12.8. The Balaban J connectivity index is 0.00000210. The molecule has 2 heterocycles. The third-order valence-electron chi connectivity index (χ3n) is 5.00. The summed E-state index contributed by atoms with van der Waals surface area (Å²) in [6, 6.07) is 14.0. The van der Waals surface area contributed by atoms with Crippen molar-refractivity contribution in [2.45, 2.75) is 13.0 Å². The lowest BCUT2D eigenvalue weighted by Crippen LogP contribution is -2.33. The average molecular weight is 389 g/mol. The standard InChI is InChI=1S/C21H24N2O3.ClH/c1-24-15-7-8-18-16(13-15)17-14-23(10-9-19(17)22-18)11-12-26-21-6-4-3-5-20(21)25-2;/h3-8,13,22H,9-12,14H2,1-2H3;1H. The van der Waals surface area contributed by atoms with Crippen molar-refractivity contribution in [3.63, 3.8) is 0 Å². The van der Waals surface area contributed by atoms with Crippen LogP contribution >= 0.6 is 12.4 Å². The molecular formula is C21H25ClN2O3. The van der Waals surface area contributed by atoms with Crippen LogP contribution in [0.4, 0.5) is 0 Å². The molecule has 1 N–H and O–H groups in total. The van der Waals surface area contributed by atoms with Crippen molar-refractivity contribution in [2.24, 2.45) is 0 Å². The molecule has 6 heteroatoms. The van der Waals surface area contributed by atoms with Gasteiger partial charge >= 0.3 is 0 Å². The number of hydrogen-bond acceptors (Lipinski definition) is 4. The maximum atomic E-state index is 5.93. The van der Waals surface area contributed by atoms with E-state index in [1.165, 1.54) is 22.2 Å². The second kappa shape index (κ2) is 8.55. The largest absolute Gasteiger partial charge is 0.497 e. The van der Waals surface area contributed by atoms with Crippen molar-refractivity contribution in [3.05, 3.63) is 53.7 Å². The van der Waals surface area contributed by atoms with Gasteiger partial charge in [0.15, 0.2) is 11.5 Å². The summed E-state index contributed by atoms with van der Waals surface area (Å²) in [7, 11) is 3.38. The number of methoxy groups -OCH3 is 2. The van der Waals surface area contributed by atoms with Gasteiger partial charge in [-0.15, -0.1) is 12.4 Å². The quantitative estimate of drug-likeness (QED) is 0.692. The van der Waals surface area contributed by atoms with Crippen LogP contribution in [-0.2, 0) is 13.0 Å². The lowest BCUT2D eigenvalue weighted by molar-refractivity contribution is 0.193. The van der Waals surface area contributed by atoms with E-state index in [9.17, 15) is 0 Å². The Kier molecular flexibility index (Phi) is 6.14. The van der Waals surface area contributed by atoms with Gasteiger partial charge in [-0.2, -0.15) is 0 Å². The Morgan fingerprint density at radius 2 is 1.85 bits per heavy atom. The number of H-pyrrole nitrogens is 1. The molecule has 5 nitrogen and oxygen atoms in total. The molecule has 0 fully saturated rings. The molecule has 0 radical (unpaired) electrons. The highest BCUT2D eigenvalue weighted by molar-refractivity contribution is 5.86. The molecule has 0 aliphatic carbocycles. The number of nitrogens with one attached hydrogen (secondary N) is 1. The van der Waals surface area contributed by atoms with Crippen LogP contribution in [0.25, 0.3) is 10.9 Å². The monoisotopic (exact) mass is 388 g/mol. The Morgan fingerprint density at radius 1 is 1.04 bits per heavy atom. The van der Waals surface area contributed by atoms with Gasteiger partial charge in [0, 0.05) is 42.7 Å². The predicted molar refractivity (Wildman–Crippen MR) is 110 cm³/mol. The van der Waals surface area contributed by atoms with Crippen LogP contribution in [-0.4, -0.2) is 43.8 Å². The van der Waals surface area contributed by atoms with E-state index in [0.29, 0.717) is 6.61 Å². The van der Waals surface area contributed by atoms with E-state index in [0.717, 1.165) is 43.3 Å². The van der Waals surface area contributed by atoms with Crippen LogP contribution in [0.15, 0.2) is 42.5 Å². The lowest BCUT2D eigenvalue weighted by Gasteiger charge is -2.27. The Labute approximate surface area is 165 Å². The maximum Gasteiger partial charge on any atom is 0.161 e. The number of rotatable bonds is 6. The summed E-state index contributed by atoms with van der Waals surface area (Å²) in [6.07, 6.45) is 1.03. The van der Waals surface area contributed by atoms with Gasteiger partial charge in [-0.3, -0.25) is 4.90 Å². The third kappa shape index (κ3) is 3.99. The first kappa shape index (κ1) is 19.4. The molecule has 144 valence electrons. The summed E-state index contributed by atoms with van der Waals surface area (Å²) < 4.78 is 16.7. The second-order valence-corrected chi connectivity index (χ2v) is 6.52. The summed E-state index contributed by atoms with van der Waals surface area (Å²) in [4.78, 5) is 5.99. The first-order valence-electron chi connectivity index (χ1n) is 8.94. The number of fused-ring (bicyclic) bond motifs is 3. The Bertz CT molecular complexity index is 910. The number of ether oxygens (including phenoxy) is 3. The molecule has 0 spiro atoms. The topological polar surface area (TPSA) is 46.7 Å². The van der Waals surface area contributed by atoms with Gasteiger partial charge in [-0.05, 0) is 35.9 Å². The Morgan fingerprint density at radius 3 is 2.63 bits per heavy atom. The van der Waals surface area contributed by atoms with E-state index in [4.69, 9.17) is 14.2 Å². The van der Waals surface area contributed by atoms with Crippen molar-refractivity contribution in [2.75, 3.05) is 33.9 Å². The van der Waals surface area contributed by atoms with Crippen molar-refractivity contribution in [1.82, 2.24) is 9.88 Å². The number of aromatic amines is 1. The summed E-state index contributed by atoms with van der Waals surface area (Å²) in [5.74, 6) is 2.47. The molecule has 3 aromatic rings. The summed E-state index contributed by atoms with van der Waals surface area (Å²) in [6.45, 7) is 3.49. The molecule has 27 heavy (non-hydrogen) atoms. The molecule has 4 rings (SSSR count). The van der Waals surface area contributed by atoms with Crippen molar-refractivity contribution >= 4 is 23.3 Å². The maximum absolute atomic E-state index is 5.93. The minimum atomic E-state index is 0. The fourth-order valence-electron chi connectivity index (χ4n) is 3.59. The van der Waals surface area contributed by atoms with Crippen molar-refractivity contribution in [3.8, 4) is 17.2 Å². The zero-order valence-corrected chi connectivity index (χ0v) is 16.5. The molecule has 0 unspecified atom stereocenters. The number of halogens is 1. The van der Waals surface area contributed by atoms with Gasteiger partial charge in [-0.1, -0.05) is 12.1 Å². The Hall–Kier alpha value is -2.37. The molecule has 0 saturated heterocycles. The predicted octanol–water partition coefficient (Wildman–Crippen LogP) is 4.04. The fraction of sp³-hybridized carbons (Fsp3) is 0.333. The molecule has 2 aromatic carbocycles. The van der Waals surface area contributed by atoms with Crippen LogP contribution < -0.4 is 14.2 Å². The fourth-order valence-corrected chi connectivity index (χ4v) is 3.59. The number of para-hydroxylation sites is 2. The van der Waals surface area contributed by atoms with Gasteiger partial charge in [0.05, 0.1) is 14.2 Å². The van der Waals surface area contributed by atoms with E-state index in [1.54, 1.807) is 14.2 Å². The zero-order valence-electron chi connectivity index (χ0n) is 15.7. The second-order valence-electron chi connectivity index (χ2n) is 6.52. The average Bonchev–Trinajstić information content (AvgIpc) is 3.05. The number of hydrogen-bond donors (Lipinski definition) is 1. The van der Waals surface area contributed by atoms with Gasteiger partial charge in [0.25, 0.3) is 0 Å². The highest BCUT2D eigenvalue weighted by atomic mass is 35.5. The van der Waals surface area contributed by atoms with Crippen molar-refractivity contribution in [1.29, 1.82) is 0 Å². The van der Waals surface area contributed by atoms with Crippen LogP contribution in [0.3, 0.4) is 0 Å². The molecule has 0 amide bonds.